The summed E-state index contributed by atoms with van der Waals surface area (Å²) >= 11 is 0. The van der Waals surface area contributed by atoms with Crippen molar-refractivity contribution in [1.29, 1.82) is 0 Å². The van der Waals surface area contributed by atoms with Gasteiger partial charge in [-0.3, -0.25) is 10.1 Å². The maximum absolute atomic E-state index is 12.5. The lowest BCUT2D eigenvalue weighted by atomic mass is 10.3. The standard InChI is InChI=1S/C11H15N3O4S/c1-8-3-2-6-13(8)19(17,18)11-5-4-9(12)7-10(11)14(15)16/h4-5,7-8H,2-3,6,12H2,1H3. The number of hydrogen-bond donors (Lipinski definition) is 1. The van der Waals surface area contributed by atoms with Gasteiger partial charge in [0.05, 0.1) is 4.92 Å². The van der Waals surface area contributed by atoms with Gasteiger partial charge in [0.2, 0.25) is 10.0 Å². The molecule has 1 aliphatic rings. The number of nitro groups is 1. The summed E-state index contributed by atoms with van der Waals surface area (Å²) in [6.07, 6.45) is 1.53. The van der Waals surface area contributed by atoms with E-state index in [-0.39, 0.29) is 16.6 Å². The van der Waals surface area contributed by atoms with E-state index in [2.05, 4.69) is 0 Å². The van der Waals surface area contributed by atoms with Crippen molar-refractivity contribution >= 4 is 21.4 Å². The number of hydrogen-bond acceptors (Lipinski definition) is 5. The smallest absolute Gasteiger partial charge is 0.291 e. The summed E-state index contributed by atoms with van der Waals surface area (Å²) in [6, 6.07) is 3.50. The third-order valence-electron chi connectivity index (χ3n) is 3.26. The van der Waals surface area contributed by atoms with Gasteiger partial charge in [0.1, 0.15) is 0 Å². The normalized spacial score (nSPS) is 20.6. The zero-order valence-electron chi connectivity index (χ0n) is 10.4. The molecule has 8 heteroatoms. The minimum absolute atomic E-state index is 0.137. The van der Waals surface area contributed by atoms with Crippen LogP contribution in [0.15, 0.2) is 23.1 Å². The fraction of sp³-hybridized carbons (Fsp3) is 0.455. The maximum atomic E-state index is 12.5. The molecule has 0 spiro atoms. The van der Waals surface area contributed by atoms with Crippen LogP contribution >= 0.6 is 0 Å². The summed E-state index contributed by atoms with van der Waals surface area (Å²) in [5, 5.41) is 11.0. The van der Waals surface area contributed by atoms with Gasteiger partial charge in [0, 0.05) is 24.3 Å². The molecule has 0 amide bonds. The van der Waals surface area contributed by atoms with Gasteiger partial charge in [-0.1, -0.05) is 0 Å². The first-order valence-electron chi connectivity index (χ1n) is 5.90. The lowest BCUT2D eigenvalue weighted by Gasteiger charge is -2.20. The molecule has 0 aliphatic carbocycles. The zero-order chi connectivity index (χ0) is 14.2. The Morgan fingerprint density at radius 2 is 2.16 bits per heavy atom. The fourth-order valence-corrected chi connectivity index (χ4v) is 4.12. The van der Waals surface area contributed by atoms with E-state index in [9.17, 15) is 18.5 Å². The second-order valence-corrected chi connectivity index (χ2v) is 6.45. The Morgan fingerprint density at radius 3 is 2.68 bits per heavy atom. The Balaban J connectivity index is 2.55. The van der Waals surface area contributed by atoms with Gasteiger partial charge in [-0.15, -0.1) is 0 Å². The van der Waals surface area contributed by atoms with Crippen LogP contribution in [-0.4, -0.2) is 30.2 Å². The minimum Gasteiger partial charge on any atom is -0.399 e. The van der Waals surface area contributed by atoms with E-state index < -0.39 is 20.6 Å². The quantitative estimate of drug-likeness (QED) is 0.512. The number of sulfonamides is 1. The predicted molar refractivity (Wildman–Crippen MR) is 70.1 cm³/mol. The van der Waals surface area contributed by atoms with E-state index in [1.54, 1.807) is 6.92 Å². The van der Waals surface area contributed by atoms with Crippen LogP contribution in [0.3, 0.4) is 0 Å². The molecule has 0 bridgehead atoms. The molecule has 1 unspecified atom stereocenters. The molecule has 1 saturated heterocycles. The van der Waals surface area contributed by atoms with Crippen molar-refractivity contribution in [3.05, 3.63) is 28.3 Å². The highest BCUT2D eigenvalue weighted by Crippen LogP contribution is 2.32. The molecule has 19 heavy (non-hydrogen) atoms. The van der Waals surface area contributed by atoms with Crippen LogP contribution in [0.2, 0.25) is 0 Å². The Labute approximate surface area is 111 Å². The lowest BCUT2D eigenvalue weighted by Crippen LogP contribution is -2.34. The van der Waals surface area contributed by atoms with Crippen molar-refractivity contribution in [1.82, 2.24) is 4.31 Å². The Hall–Kier alpha value is -1.67. The summed E-state index contributed by atoms with van der Waals surface area (Å²) in [5.41, 5.74) is 5.17. The van der Waals surface area contributed by atoms with Gasteiger partial charge in [0.15, 0.2) is 4.90 Å². The second-order valence-electron chi connectivity index (χ2n) is 4.59. The van der Waals surface area contributed by atoms with Gasteiger partial charge in [-0.2, -0.15) is 4.31 Å². The maximum Gasteiger partial charge on any atom is 0.291 e. The van der Waals surface area contributed by atoms with E-state index in [1.807, 2.05) is 0 Å². The Kier molecular flexibility index (Phi) is 3.46. The number of rotatable bonds is 3. The number of benzene rings is 1. The molecule has 2 N–H and O–H groups in total. The molecular weight excluding hydrogens is 270 g/mol. The summed E-state index contributed by atoms with van der Waals surface area (Å²) in [6.45, 7) is 2.19. The van der Waals surface area contributed by atoms with Crippen molar-refractivity contribution in [2.24, 2.45) is 0 Å². The highest BCUT2D eigenvalue weighted by atomic mass is 32.2. The molecule has 1 heterocycles. The van der Waals surface area contributed by atoms with Crippen LogP contribution in [0.1, 0.15) is 19.8 Å². The highest BCUT2D eigenvalue weighted by molar-refractivity contribution is 7.89. The molecular formula is C11H15N3O4S. The Morgan fingerprint density at radius 1 is 1.47 bits per heavy atom. The molecule has 1 aromatic rings. The number of nitrogens with zero attached hydrogens (tertiary/aromatic N) is 2. The van der Waals surface area contributed by atoms with Gasteiger partial charge >= 0.3 is 0 Å². The van der Waals surface area contributed by atoms with Crippen molar-refractivity contribution in [3.8, 4) is 0 Å². The predicted octanol–water partition coefficient (Wildman–Crippen LogP) is 1.35. The van der Waals surface area contributed by atoms with Crippen molar-refractivity contribution in [3.63, 3.8) is 0 Å². The third-order valence-corrected chi connectivity index (χ3v) is 5.32. The number of anilines is 1. The van der Waals surface area contributed by atoms with Crippen molar-refractivity contribution < 1.29 is 13.3 Å². The minimum atomic E-state index is -3.84. The SMILES string of the molecule is CC1CCCN1S(=O)(=O)c1ccc(N)cc1[N+](=O)[O-]. The van der Waals surface area contributed by atoms with E-state index >= 15 is 0 Å². The monoisotopic (exact) mass is 285 g/mol. The first-order valence-corrected chi connectivity index (χ1v) is 7.34. The molecule has 7 nitrogen and oxygen atoms in total. The lowest BCUT2D eigenvalue weighted by molar-refractivity contribution is -0.387. The number of nitrogen functional groups attached to an aromatic ring is 1. The third kappa shape index (κ3) is 2.41. The van der Waals surface area contributed by atoms with E-state index in [4.69, 9.17) is 5.73 Å². The van der Waals surface area contributed by atoms with Crippen molar-refractivity contribution in [2.75, 3.05) is 12.3 Å². The number of nitro benzene ring substituents is 1. The van der Waals surface area contributed by atoms with Crippen LogP contribution in [0, 0.1) is 10.1 Å². The summed E-state index contributed by atoms with van der Waals surface area (Å²) in [5.74, 6) is 0. The van der Waals surface area contributed by atoms with Gasteiger partial charge in [-0.05, 0) is 31.9 Å². The summed E-state index contributed by atoms with van der Waals surface area (Å²) < 4.78 is 26.2. The average molecular weight is 285 g/mol. The van der Waals surface area contributed by atoms with Gasteiger partial charge in [0.25, 0.3) is 5.69 Å². The Bertz CT molecular complexity index is 614. The largest absolute Gasteiger partial charge is 0.399 e. The molecule has 2 rings (SSSR count). The molecule has 1 aliphatic heterocycles. The van der Waals surface area contributed by atoms with Gasteiger partial charge in [-0.25, -0.2) is 8.42 Å². The molecule has 0 saturated carbocycles. The van der Waals surface area contributed by atoms with Crippen LogP contribution in [0.25, 0.3) is 0 Å². The molecule has 1 atom stereocenters. The first kappa shape index (κ1) is 13.8. The molecule has 1 aromatic carbocycles. The molecule has 1 fully saturated rings. The van der Waals surface area contributed by atoms with Gasteiger partial charge < -0.3 is 5.73 Å². The number of nitrogens with two attached hydrogens (primary N) is 1. The topological polar surface area (TPSA) is 107 Å². The molecule has 104 valence electrons. The zero-order valence-corrected chi connectivity index (χ0v) is 11.3. The van der Waals surface area contributed by atoms with Crippen LogP contribution in [0.5, 0.6) is 0 Å². The van der Waals surface area contributed by atoms with Crippen LogP contribution in [-0.2, 0) is 10.0 Å². The summed E-state index contributed by atoms with van der Waals surface area (Å²) in [7, 11) is -3.84. The van der Waals surface area contributed by atoms with E-state index in [0.717, 1.165) is 18.9 Å². The van der Waals surface area contributed by atoms with Crippen molar-refractivity contribution in [2.45, 2.75) is 30.7 Å². The highest BCUT2D eigenvalue weighted by Gasteiger charge is 2.36. The molecule has 0 aromatic heterocycles. The van der Waals surface area contributed by atoms with E-state index in [1.165, 1.54) is 16.4 Å². The summed E-state index contributed by atoms with van der Waals surface area (Å²) in [4.78, 5) is 9.97. The first-order chi connectivity index (χ1) is 8.84. The fourth-order valence-electron chi connectivity index (χ4n) is 2.29. The van der Waals surface area contributed by atoms with Crippen LogP contribution < -0.4 is 5.73 Å². The second kappa shape index (κ2) is 4.78. The van der Waals surface area contributed by atoms with Crippen LogP contribution in [0.4, 0.5) is 11.4 Å². The molecule has 0 radical (unpaired) electrons. The average Bonchev–Trinajstić information content (AvgIpc) is 2.75. The van der Waals surface area contributed by atoms with E-state index in [0.29, 0.717) is 6.54 Å².